The van der Waals surface area contributed by atoms with Gasteiger partial charge in [-0.05, 0) is 34.8 Å². The van der Waals surface area contributed by atoms with Crippen molar-refractivity contribution in [3.8, 4) is 0 Å². The molecule has 100 valence electrons. The Morgan fingerprint density at radius 3 is 3.06 bits per heavy atom. The maximum Gasteiger partial charge on any atom is 0.166 e. The maximum atomic E-state index is 13.9. The molecule has 2 unspecified atom stereocenters. The van der Waals surface area contributed by atoms with E-state index in [0.717, 1.165) is 12.8 Å². The first-order valence-corrected chi connectivity index (χ1v) is 6.75. The summed E-state index contributed by atoms with van der Waals surface area (Å²) in [5.41, 5.74) is 5.77. The highest BCUT2D eigenvalue weighted by Crippen LogP contribution is 2.27. The Labute approximate surface area is 114 Å². The van der Waals surface area contributed by atoms with Gasteiger partial charge in [0.05, 0.1) is 6.10 Å². The van der Waals surface area contributed by atoms with Gasteiger partial charge in [0.25, 0.3) is 0 Å². The fourth-order valence-electron chi connectivity index (χ4n) is 2.35. The van der Waals surface area contributed by atoms with E-state index in [-0.39, 0.29) is 18.0 Å². The van der Waals surface area contributed by atoms with Crippen LogP contribution in [0.1, 0.15) is 12.8 Å². The standard InChI is InChI=1S/C12H17BrFN3O/c1-18-10-2-3-17(9(5-10)6-15)12-11(14)4-8(13)7-16-12/h4,7,9-10H,2-3,5-6,15H2,1H3. The number of hydrogen-bond donors (Lipinski definition) is 1. The third kappa shape index (κ3) is 2.81. The predicted octanol–water partition coefficient (Wildman–Crippen LogP) is 1.93. The van der Waals surface area contributed by atoms with Crippen LogP contribution in [-0.2, 0) is 4.74 Å². The fourth-order valence-corrected chi connectivity index (χ4v) is 2.65. The number of rotatable bonds is 3. The van der Waals surface area contributed by atoms with Crippen molar-refractivity contribution in [1.82, 2.24) is 4.98 Å². The Morgan fingerprint density at radius 2 is 2.44 bits per heavy atom. The van der Waals surface area contributed by atoms with Gasteiger partial charge in [0, 0.05) is 36.9 Å². The van der Waals surface area contributed by atoms with Crippen molar-refractivity contribution in [2.75, 3.05) is 25.1 Å². The molecule has 2 atom stereocenters. The van der Waals surface area contributed by atoms with Gasteiger partial charge >= 0.3 is 0 Å². The highest BCUT2D eigenvalue weighted by molar-refractivity contribution is 9.10. The van der Waals surface area contributed by atoms with Gasteiger partial charge in [0.1, 0.15) is 0 Å². The Balaban J connectivity index is 2.21. The van der Waals surface area contributed by atoms with Crippen LogP contribution in [0, 0.1) is 5.82 Å². The van der Waals surface area contributed by atoms with Gasteiger partial charge < -0.3 is 15.4 Å². The summed E-state index contributed by atoms with van der Waals surface area (Å²) in [5, 5.41) is 0. The van der Waals surface area contributed by atoms with E-state index in [0.29, 0.717) is 23.4 Å². The monoisotopic (exact) mass is 317 g/mol. The lowest BCUT2D eigenvalue weighted by Crippen LogP contribution is -2.49. The van der Waals surface area contributed by atoms with Crippen LogP contribution in [0.5, 0.6) is 0 Å². The lowest BCUT2D eigenvalue weighted by molar-refractivity contribution is 0.0706. The Hall–Kier alpha value is -0.720. The molecule has 1 fully saturated rings. The number of nitrogens with zero attached hydrogens (tertiary/aromatic N) is 2. The first-order valence-electron chi connectivity index (χ1n) is 5.96. The van der Waals surface area contributed by atoms with E-state index in [1.54, 1.807) is 13.3 Å². The van der Waals surface area contributed by atoms with Gasteiger partial charge in [0.15, 0.2) is 11.6 Å². The highest BCUT2D eigenvalue weighted by Gasteiger charge is 2.29. The number of piperidine rings is 1. The summed E-state index contributed by atoms with van der Waals surface area (Å²) in [5.74, 6) is 0.0573. The fraction of sp³-hybridized carbons (Fsp3) is 0.583. The van der Waals surface area contributed by atoms with Gasteiger partial charge in [-0.3, -0.25) is 0 Å². The summed E-state index contributed by atoms with van der Waals surface area (Å²) >= 11 is 3.21. The summed E-state index contributed by atoms with van der Waals surface area (Å²) in [4.78, 5) is 6.10. The summed E-state index contributed by atoms with van der Waals surface area (Å²) in [7, 11) is 1.70. The molecule has 2 rings (SSSR count). The average Bonchev–Trinajstić information content (AvgIpc) is 2.38. The van der Waals surface area contributed by atoms with Crippen LogP contribution >= 0.6 is 15.9 Å². The molecule has 0 aliphatic carbocycles. The van der Waals surface area contributed by atoms with Crippen LogP contribution in [0.4, 0.5) is 10.2 Å². The van der Waals surface area contributed by atoms with Gasteiger partial charge in [0.2, 0.25) is 0 Å². The molecule has 6 heteroatoms. The topological polar surface area (TPSA) is 51.4 Å². The Kier molecular flexibility index (Phi) is 4.53. The van der Waals surface area contributed by atoms with Gasteiger partial charge in [-0.2, -0.15) is 0 Å². The predicted molar refractivity (Wildman–Crippen MR) is 72.1 cm³/mol. The van der Waals surface area contributed by atoms with Crippen LogP contribution < -0.4 is 10.6 Å². The first-order chi connectivity index (χ1) is 8.65. The number of hydrogen-bond acceptors (Lipinski definition) is 4. The van der Waals surface area contributed by atoms with Crippen LogP contribution in [0.2, 0.25) is 0 Å². The first kappa shape index (κ1) is 13.7. The minimum absolute atomic E-state index is 0.0758. The lowest BCUT2D eigenvalue weighted by atomic mass is 9.99. The molecule has 2 heterocycles. The molecule has 0 saturated carbocycles. The molecular formula is C12H17BrFN3O. The van der Waals surface area contributed by atoms with Crippen molar-refractivity contribution in [1.29, 1.82) is 0 Å². The number of pyridine rings is 1. The van der Waals surface area contributed by atoms with E-state index in [1.807, 2.05) is 4.90 Å². The minimum atomic E-state index is -0.321. The molecule has 4 nitrogen and oxygen atoms in total. The number of nitrogens with two attached hydrogens (primary N) is 1. The second kappa shape index (κ2) is 5.95. The Morgan fingerprint density at radius 1 is 1.67 bits per heavy atom. The molecule has 18 heavy (non-hydrogen) atoms. The lowest BCUT2D eigenvalue weighted by Gasteiger charge is -2.39. The Bertz CT molecular complexity index is 418. The average molecular weight is 318 g/mol. The van der Waals surface area contributed by atoms with Gasteiger partial charge in [-0.1, -0.05) is 0 Å². The molecule has 0 amide bonds. The van der Waals surface area contributed by atoms with E-state index in [2.05, 4.69) is 20.9 Å². The third-order valence-electron chi connectivity index (χ3n) is 3.33. The largest absolute Gasteiger partial charge is 0.381 e. The van der Waals surface area contributed by atoms with E-state index >= 15 is 0 Å². The van der Waals surface area contributed by atoms with Crippen molar-refractivity contribution in [3.05, 3.63) is 22.6 Å². The van der Waals surface area contributed by atoms with Crippen molar-refractivity contribution < 1.29 is 9.13 Å². The smallest absolute Gasteiger partial charge is 0.166 e. The second-order valence-corrected chi connectivity index (χ2v) is 5.34. The summed E-state index contributed by atoms with van der Waals surface area (Å²) in [6.45, 7) is 1.18. The second-order valence-electron chi connectivity index (χ2n) is 4.42. The van der Waals surface area contributed by atoms with E-state index in [1.165, 1.54) is 6.07 Å². The zero-order valence-corrected chi connectivity index (χ0v) is 11.9. The molecular weight excluding hydrogens is 301 g/mol. The number of anilines is 1. The van der Waals surface area contributed by atoms with E-state index in [9.17, 15) is 4.39 Å². The molecule has 0 bridgehead atoms. The van der Waals surface area contributed by atoms with Crippen molar-refractivity contribution in [3.63, 3.8) is 0 Å². The molecule has 0 aromatic carbocycles. The van der Waals surface area contributed by atoms with Crippen molar-refractivity contribution in [2.24, 2.45) is 5.73 Å². The minimum Gasteiger partial charge on any atom is -0.381 e. The number of halogens is 2. The molecule has 0 radical (unpaired) electrons. The highest BCUT2D eigenvalue weighted by atomic mass is 79.9. The molecule has 1 aliphatic heterocycles. The normalized spacial score (nSPS) is 24.3. The van der Waals surface area contributed by atoms with Crippen LogP contribution in [0.15, 0.2) is 16.7 Å². The van der Waals surface area contributed by atoms with Crippen LogP contribution in [0.25, 0.3) is 0 Å². The zero-order chi connectivity index (χ0) is 13.1. The summed E-state index contributed by atoms with van der Waals surface area (Å²) in [6.07, 6.45) is 3.48. The van der Waals surface area contributed by atoms with Crippen LogP contribution in [0.3, 0.4) is 0 Å². The quantitative estimate of drug-likeness (QED) is 0.925. The van der Waals surface area contributed by atoms with Crippen molar-refractivity contribution in [2.45, 2.75) is 25.0 Å². The van der Waals surface area contributed by atoms with E-state index < -0.39 is 0 Å². The maximum absolute atomic E-state index is 13.9. The molecule has 0 spiro atoms. The molecule has 1 aromatic rings. The molecule has 1 aliphatic rings. The van der Waals surface area contributed by atoms with Crippen LogP contribution in [-0.4, -0.2) is 37.3 Å². The van der Waals surface area contributed by atoms with Gasteiger partial charge in [-0.25, -0.2) is 9.37 Å². The zero-order valence-electron chi connectivity index (χ0n) is 10.3. The van der Waals surface area contributed by atoms with Gasteiger partial charge in [-0.15, -0.1) is 0 Å². The SMILES string of the molecule is COC1CCN(c2ncc(Br)cc2F)C(CN)C1. The third-order valence-corrected chi connectivity index (χ3v) is 3.77. The summed E-state index contributed by atoms with van der Waals surface area (Å²) in [6, 6.07) is 1.50. The number of ether oxygens (including phenoxy) is 1. The van der Waals surface area contributed by atoms with Crippen molar-refractivity contribution >= 4 is 21.7 Å². The number of aromatic nitrogens is 1. The molecule has 1 aromatic heterocycles. The molecule has 2 N–H and O–H groups in total. The van der Waals surface area contributed by atoms with E-state index in [4.69, 9.17) is 10.5 Å². The molecule has 1 saturated heterocycles. The summed E-state index contributed by atoms with van der Waals surface area (Å²) < 4.78 is 19.9. The number of methoxy groups -OCH3 is 1.